The van der Waals surface area contributed by atoms with Gasteiger partial charge in [0.25, 0.3) is 0 Å². The Morgan fingerprint density at radius 3 is 2.32 bits per heavy atom. The maximum absolute atomic E-state index is 13.2. The number of carbonyl (C=O) groups excluding carboxylic acids is 2. The first kappa shape index (κ1) is 30.0. The summed E-state index contributed by atoms with van der Waals surface area (Å²) in [7, 11) is 0. The van der Waals surface area contributed by atoms with Crippen LogP contribution < -0.4 is 4.74 Å². The average Bonchev–Trinajstić information content (AvgIpc) is 3.05. The number of aryl methyl sites for hydroxylation is 1. The monoisotopic (exact) mass is 596 g/mol. The standard InChI is InChI=1S/C36H36O8/c1-23-17-19-26-13-9-10-16-28(26)31(23)43-33-32-29(22-40-35(44-32)27-14-7-4-8-15-27)41-36(39-21-25-11-5-3-6-12-25)34(33)42-30(38)20-18-24(2)37/h3-17,19,29,32-36H,18,20-22H2,1-2H3/t29-,32-,33+,34-,35?,36-/m1/s1. The Bertz CT molecular complexity index is 1570. The molecular formula is C36H36O8. The summed E-state index contributed by atoms with van der Waals surface area (Å²) in [6.07, 6.45) is -4.72. The number of Topliss-reactive ketones (excluding diaryl/α,β-unsaturated/α-hetero) is 1. The number of ketones is 1. The van der Waals surface area contributed by atoms with Crippen LogP contribution in [0, 0.1) is 6.92 Å². The zero-order valence-electron chi connectivity index (χ0n) is 24.8. The van der Waals surface area contributed by atoms with Crippen LogP contribution in [0.3, 0.4) is 0 Å². The van der Waals surface area contributed by atoms with Gasteiger partial charge in [-0.05, 0) is 30.4 Å². The smallest absolute Gasteiger partial charge is 0.306 e. The molecule has 1 unspecified atom stereocenters. The van der Waals surface area contributed by atoms with Crippen LogP contribution in [0.4, 0.5) is 0 Å². The Labute approximate surface area is 256 Å². The van der Waals surface area contributed by atoms with E-state index in [4.69, 9.17) is 28.4 Å². The third-order valence-corrected chi connectivity index (χ3v) is 7.89. The van der Waals surface area contributed by atoms with Crippen LogP contribution in [0.2, 0.25) is 0 Å². The summed E-state index contributed by atoms with van der Waals surface area (Å²) in [5.74, 6) is 0.0126. The third kappa shape index (κ3) is 6.84. The van der Waals surface area contributed by atoms with Gasteiger partial charge in [-0.3, -0.25) is 4.79 Å². The highest BCUT2D eigenvalue weighted by Gasteiger charge is 2.54. The molecule has 44 heavy (non-hydrogen) atoms. The van der Waals surface area contributed by atoms with E-state index in [1.165, 1.54) is 6.92 Å². The summed E-state index contributed by atoms with van der Waals surface area (Å²) in [5, 5.41) is 1.93. The molecule has 2 heterocycles. The molecule has 8 heteroatoms. The molecule has 228 valence electrons. The van der Waals surface area contributed by atoms with Crippen molar-refractivity contribution in [2.24, 2.45) is 0 Å². The largest absolute Gasteiger partial charge is 0.483 e. The van der Waals surface area contributed by atoms with E-state index in [9.17, 15) is 9.59 Å². The van der Waals surface area contributed by atoms with Crippen LogP contribution >= 0.6 is 0 Å². The van der Waals surface area contributed by atoms with E-state index in [2.05, 4.69) is 0 Å². The van der Waals surface area contributed by atoms with Crippen molar-refractivity contribution >= 4 is 22.5 Å². The molecule has 0 spiro atoms. The van der Waals surface area contributed by atoms with Gasteiger partial charge in [0.2, 0.25) is 0 Å². The van der Waals surface area contributed by atoms with E-state index in [-0.39, 0.29) is 31.8 Å². The van der Waals surface area contributed by atoms with E-state index in [1.807, 2.05) is 104 Å². The molecule has 0 amide bonds. The molecule has 0 saturated carbocycles. The second-order valence-corrected chi connectivity index (χ2v) is 11.2. The Balaban J connectivity index is 1.37. The van der Waals surface area contributed by atoms with E-state index in [0.29, 0.717) is 5.75 Å². The van der Waals surface area contributed by atoms with Crippen molar-refractivity contribution in [3.63, 3.8) is 0 Å². The molecule has 2 fully saturated rings. The van der Waals surface area contributed by atoms with E-state index in [1.54, 1.807) is 0 Å². The molecular weight excluding hydrogens is 560 g/mol. The first-order valence-corrected chi connectivity index (χ1v) is 14.9. The zero-order chi connectivity index (χ0) is 30.5. The van der Waals surface area contributed by atoms with Gasteiger partial charge in [0.15, 0.2) is 24.8 Å². The van der Waals surface area contributed by atoms with Crippen molar-refractivity contribution < 1.29 is 38.0 Å². The molecule has 6 rings (SSSR count). The molecule has 4 aromatic rings. The van der Waals surface area contributed by atoms with Gasteiger partial charge in [-0.2, -0.15) is 0 Å². The number of rotatable bonds is 10. The minimum absolute atomic E-state index is 0.0675. The molecule has 6 atom stereocenters. The molecule has 2 saturated heterocycles. The number of benzene rings is 4. The van der Waals surface area contributed by atoms with Gasteiger partial charge in [0, 0.05) is 17.4 Å². The van der Waals surface area contributed by atoms with Crippen LogP contribution in [0.1, 0.15) is 42.7 Å². The first-order chi connectivity index (χ1) is 21.5. The van der Waals surface area contributed by atoms with Gasteiger partial charge in [-0.1, -0.05) is 97.1 Å². The highest BCUT2D eigenvalue weighted by atomic mass is 16.8. The van der Waals surface area contributed by atoms with E-state index in [0.717, 1.165) is 27.5 Å². The van der Waals surface area contributed by atoms with Crippen molar-refractivity contribution in [3.8, 4) is 5.75 Å². The molecule has 2 aliphatic heterocycles. The normalized spacial score (nSPS) is 24.8. The first-order valence-electron chi connectivity index (χ1n) is 14.9. The van der Waals surface area contributed by atoms with Crippen molar-refractivity contribution in [2.75, 3.05) is 6.61 Å². The Morgan fingerprint density at radius 2 is 1.55 bits per heavy atom. The molecule has 0 bridgehead atoms. The summed E-state index contributed by atoms with van der Waals surface area (Å²) in [6, 6.07) is 31.3. The predicted molar refractivity (Wildman–Crippen MR) is 163 cm³/mol. The minimum Gasteiger partial charge on any atom is -0.483 e. The fourth-order valence-corrected chi connectivity index (χ4v) is 5.61. The number of esters is 1. The van der Waals surface area contributed by atoms with Gasteiger partial charge >= 0.3 is 5.97 Å². The quantitative estimate of drug-likeness (QED) is 0.199. The molecule has 2 aliphatic rings. The van der Waals surface area contributed by atoms with Gasteiger partial charge in [0.05, 0.1) is 19.6 Å². The maximum atomic E-state index is 13.2. The maximum Gasteiger partial charge on any atom is 0.306 e. The van der Waals surface area contributed by atoms with Crippen LogP contribution in [0.25, 0.3) is 10.8 Å². The summed E-state index contributed by atoms with van der Waals surface area (Å²) in [6.45, 7) is 3.86. The lowest BCUT2D eigenvalue weighted by Gasteiger charge is -2.48. The van der Waals surface area contributed by atoms with E-state index >= 15 is 0 Å². The predicted octanol–water partition coefficient (Wildman–Crippen LogP) is 6.23. The summed E-state index contributed by atoms with van der Waals surface area (Å²) < 4.78 is 38.4. The highest BCUT2D eigenvalue weighted by Crippen LogP contribution is 2.39. The highest BCUT2D eigenvalue weighted by molar-refractivity contribution is 5.89. The second kappa shape index (κ2) is 13.7. The third-order valence-electron chi connectivity index (χ3n) is 7.89. The zero-order valence-corrected chi connectivity index (χ0v) is 24.8. The van der Waals surface area contributed by atoms with Crippen molar-refractivity contribution in [1.82, 2.24) is 0 Å². The molecule has 0 N–H and O–H groups in total. The number of carbonyl (C=O) groups is 2. The lowest BCUT2D eigenvalue weighted by Crippen LogP contribution is -2.65. The SMILES string of the molecule is CC(=O)CCC(=O)O[C@H]1[C@H](OCc2ccccc2)O[C@@H]2COC(c3ccccc3)O[C@H]2[C@@H]1Oc1c(C)ccc2ccccc12. The Kier molecular flexibility index (Phi) is 9.33. The topological polar surface area (TPSA) is 89.5 Å². The molecule has 0 aromatic heterocycles. The lowest BCUT2D eigenvalue weighted by molar-refractivity contribution is -0.360. The van der Waals surface area contributed by atoms with Crippen LogP contribution in [-0.4, -0.2) is 49.1 Å². The number of hydrogen-bond donors (Lipinski definition) is 0. The molecule has 0 aliphatic carbocycles. The van der Waals surface area contributed by atoms with Gasteiger partial charge in [-0.25, -0.2) is 0 Å². The van der Waals surface area contributed by atoms with Gasteiger partial charge in [-0.15, -0.1) is 0 Å². The fourth-order valence-electron chi connectivity index (χ4n) is 5.61. The van der Waals surface area contributed by atoms with Crippen molar-refractivity contribution in [2.45, 2.75) is 70.3 Å². The summed E-state index contributed by atoms with van der Waals surface area (Å²) in [4.78, 5) is 24.8. The van der Waals surface area contributed by atoms with Gasteiger partial charge < -0.3 is 33.2 Å². The Morgan fingerprint density at radius 1 is 0.818 bits per heavy atom. The minimum atomic E-state index is -1.01. The van der Waals surface area contributed by atoms with E-state index < -0.39 is 43.0 Å². The molecule has 4 aromatic carbocycles. The lowest BCUT2D eigenvalue weighted by atomic mass is 9.96. The van der Waals surface area contributed by atoms with Crippen LogP contribution in [0.5, 0.6) is 5.75 Å². The summed E-state index contributed by atoms with van der Waals surface area (Å²) in [5.41, 5.74) is 2.70. The van der Waals surface area contributed by atoms with Crippen LogP contribution in [0.15, 0.2) is 97.1 Å². The summed E-state index contributed by atoms with van der Waals surface area (Å²) >= 11 is 0. The van der Waals surface area contributed by atoms with Gasteiger partial charge in [0.1, 0.15) is 23.7 Å². The van der Waals surface area contributed by atoms with Crippen LogP contribution in [-0.2, 0) is 39.9 Å². The number of ether oxygens (including phenoxy) is 6. The average molecular weight is 597 g/mol. The Hall–Kier alpha value is -4.08. The van der Waals surface area contributed by atoms with Crippen molar-refractivity contribution in [1.29, 1.82) is 0 Å². The molecule has 0 radical (unpaired) electrons. The second-order valence-electron chi connectivity index (χ2n) is 11.2. The van der Waals surface area contributed by atoms with Crippen molar-refractivity contribution in [3.05, 3.63) is 114 Å². The fraction of sp³-hybridized carbons (Fsp3) is 0.333. The molecule has 8 nitrogen and oxygen atoms in total. The number of hydrogen-bond acceptors (Lipinski definition) is 8. The number of fused-ring (bicyclic) bond motifs is 2.